The van der Waals surface area contributed by atoms with E-state index < -0.39 is 0 Å². The van der Waals surface area contributed by atoms with Crippen molar-refractivity contribution < 1.29 is 5.11 Å². The second-order valence-corrected chi connectivity index (χ2v) is 5.94. The van der Waals surface area contributed by atoms with Crippen LogP contribution < -0.4 is 0 Å². The summed E-state index contributed by atoms with van der Waals surface area (Å²) in [5.41, 5.74) is -0.289. The lowest BCUT2D eigenvalue weighted by Crippen LogP contribution is -2.24. The van der Waals surface area contributed by atoms with Gasteiger partial charge in [0.25, 0.3) is 0 Å². The zero-order chi connectivity index (χ0) is 11.9. The van der Waals surface area contributed by atoms with Crippen molar-refractivity contribution in [2.75, 3.05) is 0 Å². The molecule has 0 bridgehead atoms. The second kappa shape index (κ2) is 7.32. The van der Waals surface area contributed by atoms with Crippen molar-refractivity contribution in [1.82, 2.24) is 0 Å². The third-order valence-corrected chi connectivity index (χ3v) is 4.08. The van der Waals surface area contributed by atoms with E-state index in [9.17, 15) is 5.11 Å². The summed E-state index contributed by atoms with van der Waals surface area (Å²) in [5.74, 6) is 0.745. The van der Waals surface area contributed by atoms with Crippen LogP contribution in [0.5, 0.6) is 0 Å². The Morgan fingerprint density at radius 1 is 1.06 bits per heavy atom. The molecule has 0 aliphatic heterocycles. The molecule has 96 valence electrons. The molecule has 1 aliphatic rings. The molecule has 2 unspecified atom stereocenters. The van der Waals surface area contributed by atoms with Gasteiger partial charge in [-0.25, -0.2) is 0 Å². The van der Waals surface area contributed by atoms with Gasteiger partial charge in [0, 0.05) is 0 Å². The molecule has 1 fully saturated rings. The summed E-state index contributed by atoms with van der Waals surface area (Å²) in [6.07, 6.45) is 13.8. The fraction of sp³-hybridized carbons (Fsp3) is 1.00. The van der Waals surface area contributed by atoms with Crippen LogP contribution in [0.25, 0.3) is 0 Å². The lowest BCUT2D eigenvalue weighted by molar-refractivity contribution is 0.0327. The number of aliphatic hydroxyl groups is 1. The van der Waals surface area contributed by atoms with Gasteiger partial charge >= 0.3 is 0 Å². The van der Waals surface area contributed by atoms with E-state index in [0.717, 1.165) is 25.2 Å². The summed E-state index contributed by atoms with van der Waals surface area (Å²) in [6.45, 7) is 4.53. The van der Waals surface area contributed by atoms with Crippen molar-refractivity contribution in [3.8, 4) is 0 Å². The van der Waals surface area contributed by atoms with Gasteiger partial charge in [-0.1, -0.05) is 58.8 Å². The summed E-state index contributed by atoms with van der Waals surface area (Å²) < 4.78 is 0. The summed E-state index contributed by atoms with van der Waals surface area (Å²) in [5, 5.41) is 10.3. The maximum absolute atomic E-state index is 10.3. The van der Waals surface area contributed by atoms with Crippen molar-refractivity contribution >= 4 is 0 Å². The SMILES string of the molecule is CCCCCCCCCC1(O)CCC(C)C1. The third kappa shape index (κ3) is 5.34. The number of rotatable bonds is 8. The fourth-order valence-electron chi connectivity index (χ4n) is 3.01. The molecule has 0 saturated heterocycles. The van der Waals surface area contributed by atoms with E-state index in [1.165, 1.54) is 51.4 Å². The minimum Gasteiger partial charge on any atom is -0.390 e. The molecule has 1 N–H and O–H groups in total. The van der Waals surface area contributed by atoms with E-state index in [1.807, 2.05) is 0 Å². The average Bonchev–Trinajstić information content (AvgIpc) is 2.58. The monoisotopic (exact) mass is 226 g/mol. The highest BCUT2D eigenvalue weighted by molar-refractivity contribution is 4.87. The van der Waals surface area contributed by atoms with Crippen LogP contribution in [0.4, 0.5) is 0 Å². The van der Waals surface area contributed by atoms with Gasteiger partial charge in [0.05, 0.1) is 5.60 Å². The van der Waals surface area contributed by atoms with Crippen LogP contribution in [0.2, 0.25) is 0 Å². The Kier molecular flexibility index (Phi) is 6.41. The normalized spacial score (nSPS) is 29.8. The lowest BCUT2D eigenvalue weighted by Gasteiger charge is -2.22. The largest absolute Gasteiger partial charge is 0.390 e. The Labute approximate surface area is 102 Å². The van der Waals surface area contributed by atoms with E-state index in [2.05, 4.69) is 13.8 Å². The molecular formula is C15H30O. The van der Waals surface area contributed by atoms with Crippen LogP contribution in [-0.4, -0.2) is 10.7 Å². The molecule has 0 heterocycles. The molecule has 0 radical (unpaired) electrons. The first-order valence-electron chi connectivity index (χ1n) is 7.39. The average molecular weight is 226 g/mol. The predicted octanol–water partition coefficient (Wildman–Crippen LogP) is 4.68. The molecule has 1 rings (SSSR count). The molecule has 0 aromatic carbocycles. The summed E-state index contributed by atoms with van der Waals surface area (Å²) in [6, 6.07) is 0. The van der Waals surface area contributed by atoms with Crippen LogP contribution in [0, 0.1) is 5.92 Å². The first-order valence-corrected chi connectivity index (χ1v) is 7.39. The van der Waals surface area contributed by atoms with Gasteiger partial charge in [-0.15, -0.1) is 0 Å². The summed E-state index contributed by atoms with van der Waals surface area (Å²) in [4.78, 5) is 0. The van der Waals surface area contributed by atoms with Gasteiger partial charge in [0.2, 0.25) is 0 Å². The van der Waals surface area contributed by atoms with Crippen LogP contribution in [0.15, 0.2) is 0 Å². The second-order valence-electron chi connectivity index (χ2n) is 5.94. The zero-order valence-corrected chi connectivity index (χ0v) is 11.3. The molecular weight excluding hydrogens is 196 g/mol. The van der Waals surface area contributed by atoms with Gasteiger partial charge in [0.15, 0.2) is 0 Å². The number of unbranched alkanes of at least 4 members (excludes halogenated alkanes) is 6. The van der Waals surface area contributed by atoms with Crippen molar-refractivity contribution in [3.05, 3.63) is 0 Å². The van der Waals surface area contributed by atoms with E-state index in [0.29, 0.717) is 0 Å². The third-order valence-electron chi connectivity index (χ3n) is 4.08. The van der Waals surface area contributed by atoms with Gasteiger partial charge in [-0.05, 0) is 31.6 Å². The number of hydrogen-bond acceptors (Lipinski definition) is 1. The molecule has 1 saturated carbocycles. The molecule has 0 aromatic heterocycles. The molecule has 1 nitrogen and oxygen atoms in total. The molecule has 0 aromatic rings. The Balaban J connectivity index is 1.94. The first kappa shape index (κ1) is 14.0. The minimum atomic E-state index is -0.289. The van der Waals surface area contributed by atoms with Gasteiger partial charge < -0.3 is 5.11 Å². The van der Waals surface area contributed by atoms with Crippen LogP contribution in [0.3, 0.4) is 0 Å². The molecule has 0 amide bonds. The minimum absolute atomic E-state index is 0.289. The highest BCUT2D eigenvalue weighted by Gasteiger charge is 2.34. The standard InChI is InChI=1S/C15H30O/c1-3-4-5-6-7-8-9-11-15(16)12-10-14(2)13-15/h14,16H,3-13H2,1-2H3. The zero-order valence-electron chi connectivity index (χ0n) is 11.3. The molecule has 0 spiro atoms. The van der Waals surface area contributed by atoms with E-state index in [4.69, 9.17) is 0 Å². The molecule has 1 aliphatic carbocycles. The summed E-state index contributed by atoms with van der Waals surface area (Å²) >= 11 is 0. The van der Waals surface area contributed by atoms with Crippen LogP contribution in [-0.2, 0) is 0 Å². The molecule has 1 heteroatoms. The van der Waals surface area contributed by atoms with Crippen LogP contribution >= 0.6 is 0 Å². The molecule has 2 atom stereocenters. The highest BCUT2D eigenvalue weighted by Crippen LogP contribution is 2.37. The van der Waals surface area contributed by atoms with Crippen molar-refractivity contribution in [1.29, 1.82) is 0 Å². The first-order chi connectivity index (χ1) is 7.66. The maximum Gasteiger partial charge on any atom is 0.0650 e. The van der Waals surface area contributed by atoms with Crippen LogP contribution in [0.1, 0.15) is 84.5 Å². The van der Waals surface area contributed by atoms with Crippen molar-refractivity contribution in [2.45, 2.75) is 90.1 Å². The Bertz CT molecular complexity index is 178. The van der Waals surface area contributed by atoms with Gasteiger partial charge in [0.1, 0.15) is 0 Å². The molecule has 16 heavy (non-hydrogen) atoms. The summed E-state index contributed by atoms with van der Waals surface area (Å²) in [7, 11) is 0. The smallest absolute Gasteiger partial charge is 0.0650 e. The topological polar surface area (TPSA) is 20.2 Å². The maximum atomic E-state index is 10.3. The van der Waals surface area contributed by atoms with Crippen molar-refractivity contribution in [2.24, 2.45) is 5.92 Å². The number of hydrogen-bond donors (Lipinski definition) is 1. The van der Waals surface area contributed by atoms with Crippen molar-refractivity contribution in [3.63, 3.8) is 0 Å². The highest BCUT2D eigenvalue weighted by atomic mass is 16.3. The fourth-order valence-corrected chi connectivity index (χ4v) is 3.01. The van der Waals surface area contributed by atoms with E-state index in [1.54, 1.807) is 0 Å². The van der Waals surface area contributed by atoms with E-state index >= 15 is 0 Å². The predicted molar refractivity (Wildman–Crippen MR) is 70.6 cm³/mol. The lowest BCUT2D eigenvalue weighted by atomic mass is 9.93. The Morgan fingerprint density at radius 2 is 1.69 bits per heavy atom. The van der Waals surface area contributed by atoms with E-state index in [-0.39, 0.29) is 5.60 Å². The quantitative estimate of drug-likeness (QED) is 0.596. The Morgan fingerprint density at radius 3 is 2.25 bits per heavy atom. The van der Waals surface area contributed by atoms with Gasteiger partial charge in [-0.2, -0.15) is 0 Å². The Hall–Kier alpha value is -0.0400. The van der Waals surface area contributed by atoms with Gasteiger partial charge in [-0.3, -0.25) is 0 Å².